The Balaban J connectivity index is 2.37. The molecular weight excluding hydrogens is 196 g/mol. The van der Waals surface area contributed by atoms with Gasteiger partial charge in [0, 0.05) is 6.54 Å². The van der Waals surface area contributed by atoms with Crippen molar-refractivity contribution in [2.75, 3.05) is 13.1 Å². The fraction of sp³-hybridized carbons (Fsp3) is 0.500. The predicted octanol–water partition coefficient (Wildman–Crippen LogP) is 2.54. The van der Waals surface area contributed by atoms with Gasteiger partial charge >= 0.3 is 0 Å². The normalized spacial score (nSPS) is 10.4. The van der Waals surface area contributed by atoms with E-state index in [4.69, 9.17) is 5.26 Å². The van der Waals surface area contributed by atoms with Gasteiger partial charge in [0.2, 0.25) is 0 Å². The lowest BCUT2D eigenvalue weighted by atomic mass is 10.0. The van der Waals surface area contributed by atoms with Gasteiger partial charge in [-0.15, -0.1) is 0 Å². The maximum Gasteiger partial charge on any atom is 0.0841 e. The molecule has 1 N–H and O–H groups in total. The van der Waals surface area contributed by atoms with Crippen LogP contribution in [0, 0.1) is 17.2 Å². The van der Waals surface area contributed by atoms with Crippen molar-refractivity contribution in [3.63, 3.8) is 0 Å². The number of hydrogen-bond donors (Lipinski definition) is 1. The van der Waals surface area contributed by atoms with E-state index in [0.29, 0.717) is 12.5 Å². The second-order valence-electron chi connectivity index (χ2n) is 4.50. The first-order chi connectivity index (χ1) is 7.72. The first-order valence-corrected chi connectivity index (χ1v) is 5.88. The molecule has 1 aromatic rings. The number of nitrogens with one attached hydrogen (secondary N) is 1. The van der Waals surface area contributed by atoms with E-state index in [2.05, 4.69) is 49.5 Å². The minimum atomic E-state index is 0.436. The zero-order valence-electron chi connectivity index (χ0n) is 10.2. The molecule has 0 spiro atoms. The summed E-state index contributed by atoms with van der Waals surface area (Å²) >= 11 is 0. The topological polar surface area (TPSA) is 35.8 Å². The summed E-state index contributed by atoms with van der Waals surface area (Å²) in [6.07, 6.45) is 2.14. The lowest BCUT2D eigenvalue weighted by Gasteiger charge is -2.06. The highest BCUT2D eigenvalue weighted by Crippen LogP contribution is 2.09. The summed E-state index contributed by atoms with van der Waals surface area (Å²) in [7, 11) is 0. The lowest BCUT2D eigenvalue weighted by molar-refractivity contribution is 0.647. The predicted molar refractivity (Wildman–Crippen MR) is 67.2 cm³/mol. The van der Waals surface area contributed by atoms with Gasteiger partial charge in [-0.05, 0) is 29.9 Å². The molecule has 86 valence electrons. The molecule has 0 aliphatic heterocycles. The van der Waals surface area contributed by atoms with E-state index in [0.717, 1.165) is 19.4 Å². The Morgan fingerprint density at radius 1 is 1.19 bits per heavy atom. The summed E-state index contributed by atoms with van der Waals surface area (Å²) in [6.45, 7) is 5.78. The Kier molecular flexibility index (Phi) is 5.60. The third-order valence-corrected chi connectivity index (χ3v) is 2.46. The van der Waals surface area contributed by atoms with Gasteiger partial charge < -0.3 is 5.32 Å². The van der Waals surface area contributed by atoms with Gasteiger partial charge in [-0.25, -0.2) is 0 Å². The minimum absolute atomic E-state index is 0.436. The van der Waals surface area contributed by atoms with Crippen LogP contribution in [-0.2, 0) is 12.8 Å². The molecule has 0 saturated heterocycles. The number of benzene rings is 1. The van der Waals surface area contributed by atoms with Crippen LogP contribution in [0.3, 0.4) is 0 Å². The second-order valence-corrected chi connectivity index (χ2v) is 4.50. The van der Waals surface area contributed by atoms with Crippen molar-refractivity contribution in [1.29, 1.82) is 5.26 Å². The van der Waals surface area contributed by atoms with Crippen LogP contribution < -0.4 is 5.32 Å². The molecule has 0 bridgehead atoms. The maximum atomic E-state index is 8.37. The Morgan fingerprint density at radius 3 is 2.38 bits per heavy atom. The first kappa shape index (κ1) is 12.7. The van der Waals surface area contributed by atoms with Crippen molar-refractivity contribution >= 4 is 0 Å². The molecule has 2 nitrogen and oxygen atoms in total. The zero-order chi connectivity index (χ0) is 11.8. The molecule has 2 heteroatoms. The SMILES string of the molecule is CC(C)Cc1ccc(CCNCC#N)cc1. The Morgan fingerprint density at radius 2 is 1.81 bits per heavy atom. The van der Waals surface area contributed by atoms with E-state index in [-0.39, 0.29) is 0 Å². The molecule has 0 radical (unpaired) electrons. The third-order valence-electron chi connectivity index (χ3n) is 2.46. The smallest absolute Gasteiger partial charge is 0.0841 e. The summed E-state index contributed by atoms with van der Waals surface area (Å²) in [6, 6.07) is 10.9. The number of hydrogen-bond acceptors (Lipinski definition) is 2. The average Bonchev–Trinajstić information content (AvgIpc) is 2.26. The molecule has 0 heterocycles. The Hall–Kier alpha value is -1.33. The highest BCUT2D eigenvalue weighted by molar-refractivity contribution is 5.23. The summed E-state index contributed by atoms with van der Waals surface area (Å²) in [4.78, 5) is 0. The van der Waals surface area contributed by atoms with Gasteiger partial charge in [0.05, 0.1) is 12.6 Å². The van der Waals surface area contributed by atoms with E-state index < -0.39 is 0 Å². The molecule has 0 amide bonds. The number of nitriles is 1. The zero-order valence-corrected chi connectivity index (χ0v) is 10.2. The quantitative estimate of drug-likeness (QED) is 0.586. The van der Waals surface area contributed by atoms with Gasteiger partial charge in [0.1, 0.15) is 0 Å². The van der Waals surface area contributed by atoms with Crippen LogP contribution >= 0.6 is 0 Å². The first-order valence-electron chi connectivity index (χ1n) is 5.88. The minimum Gasteiger partial charge on any atom is -0.304 e. The molecule has 0 aliphatic carbocycles. The van der Waals surface area contributed by atoms with Crippen LogP contribution in [0.15, 0.2) is 24.3 Å². The van der Waals surface area contributed by atoms with Gasteiger partial charge in [-0.3, -0.25) is 0 Å². The molecule has 1 rings (SSSR count). The highest BCUT2D eigenvalue weighted by Gasteiger charge is 1.98. The second kappa shape index (κ2) is 7.03. The molecule has 1 aromatic carbocycles. The van der Waals surface area contributed by atoms with Crippen molar-refractivity contribution in [1.82, 2.24) is 5.32 Å². The van der Waals surface area contributed by atoms with E-state index in [1.54, 1.807) is 0 Å². The lowest BCUT2D eigenvalue weighted by Crippen LogP contribution is -2.17. The maximum absolute atomic E-state index is 8.37. The van der Waals surface area contributed by atoms with Crippen LogP contribution in [0.4, 0.5) is 0 Å². The van der Waals surface area contributed by atoms with Gasteiger partial charge in [0.15, 0.2) is 0 Å². The molecular formula is C14H20N2. The molecule has 0 saturated carbocycles. The van der Waals surface area contributed by atoms with Crippen LogP contribution in [-0.4, -0.2) is 13.1 Å². The van der Waals surface area contributed by atoms with Crippen molar-refractivity contribution in [3.05, 3.63) is 35.4 Å². The van der Waals surface area contributed by atoms with Crippen molar-refractivity contribution in [2.24, 2.45) is 5.92 Å². The highest BCUT2D eigenvalue weighted by atomic mass is 14.8. The monoisotopic (exact) mass is 216 g/mol. The molecule has 0 aliphatic rings. The molecule has 16 heavy (non-hydrogen) atoms. The summed E-state index contributed by atoms with van der Waals surface area (Å²) in [5, 5.41) is 11.4. The summed E-state index contributed by atoms with van der Waals surface area (Å²) in [5.41, 5.74) is 2.74. The van der Waals surface area contributed by atoms with E-state index >= 15 is 0 Å². The van der Waals surface area contributed by atoms with Crippen LogP contribution in [0.5, 0.6) is 0 Å². The van der Waals surface area contributed by atoms with Crippen molar-refractivity contribution < 1.29 is 0 Å². The van der Waals surface area contributed by atoms with Gasteiger partial charge in [-0.1, -0.05) is 38.1 Å². The average molecular weight is 216 g/mol. The van der Waals surface area contributed by atoms with Crippen LogP contribution in [0.25, 0.3) is 0 Å². The summed E-state index contributed by atoms with van der Waals surface area (Å²) < 4.78 is 0. The Bertz CT molecular complexity index is 333. The van der Waals surface area contributed by atoms with Crippen LogP contribution in [0.2, 0.25) is 0 Å². The van der Waals surface area contributed by atoms with Gasteiger partial charge in [0.25, 0.3) is 0 Å². The standard InChI is InChI=1S/C14H20N2/c1-12(2)11-14-5-3-13(4-6-14)7-9-16-10-8-15/h3-6,12,16H,7,9-11H2,1-2H3. The molecule has 0 atom stereocenters. The number of nitrogens with zero attached hydrogens (tertiary/aromatic N) is 1. The number of rotatable bonds is 6. The third kappa shape index (κ3) is 4.95. The van der Waals surface area contributed by atoms with E-state index in [9.17, 15) is 0 Å². The van der Waals surface area contributed by atoms with Gasteiger partial charge in [-0.2, -0.15) is 5.26 Å². The molecule has 0 unspecified atom stereocenters. The fourth-order valence-electron chi connectivity index (χ4n) is 1.69. The summed E-state index contributed by atoms with van der Waals surface area (Å²) in [5.74, 6) is 0.711. The molecule has 0 fully saturated rings. The largest absolute Gasteiger partial charge is 0.304 e. The van der Waals surface area contributed by atoms with E-state index in [1.165, 1.54) is 11.1 Å². The Labute approximate surface area is 98.3 Å². The molecule has 0 aromatic heterocycles. The van der Waals surface area contributed by atoms with Crippen molar-refractivity contribution in [2.45, 2.75) is 26.7 Å². The van der Waals surface area contributed by atoms with E-state index in [1.807, 2.05) is 0 Å². The van der Waals surface area contributed by atoms with Crippen molar-refractivity contribution in [3.8, 4) is 6.07 Å². The fourth-order valence-corrected chi connectivity index (χ4v) is 1.69. The van der Waals surface area contributed by atoms with Crippen LogP contribution in [0.1, 0.15) is 25.0 Å².